The SMILES string of the molecule is COc1ccc(CN(c2cc(C(=O)O)cnn2)S(=O)(=O)C2CC2)cc1. The highest BCUT2D eigenvalue weighted by Crippen LogP contribution is 2.34. The molecule has 1 aromatic heterocycles. The standard InChI is InChI=1S/C16H17N3O5S/c1-24-13-4-2-11(3-5-13)10-19(25(22,23)14-6-7-14)15-8-12(16(20)21)9-17-18-15/h2-5,8-9,14H,6-7,10H2,1H3,(H,20,21). The number of sulfonamides is 1. The second-order valence-electron chi connectivity index (χ2n) is 5.71. The predicted molar refractivity (Wildman–Crippen MR) is 90.1 cm³/mol. The monoisotopic (exact) mass is 363 g/mol. The van der Waals surface area contributed by atoms with Gasteiger partial charge in [0.25, 0.3) is 0 Å². The molecule has 0 radical (unpaired) electrons. The van der Waals surface area contributed by atoms with Crippen LogP contribution in [0.3, 0.4) is 0 Å². The number of hydrogen-bond donors (Lipinski definition) is 1. The van der Waals surface area contributed by atoms with Crippen LogP contribution in [-0.2, 0) is 16.6 Å². The number of carboxylic acid groups (broad SMARTS) is 1. The maximum atomic E-state index is 12.8. The summed E-state index contributed by atoms with van der Waals surface area (Å²) in [5, 5.41) is 16.1. The smallest absolute Gasteiger partial charge is 0.337 e. The van der Waals surface area contributed by atoms with Crippen molar-refractivity contribution in [2.45, 2.75) is 24.6 Å². The van der Waals surface area contributed by atoms with Crippen molar-refractivity contribution in [3.05, 3.63) is 47.7 Å². The number of anilines is 1. The van der Waals surface area contributed by atoms with Crippen molar-refractivity contribution in [2.75, 3.05) is 11.4 Å². The van der Waals surface area contributed by atoms with Crippen LogP contribution in [0.5, 0.6) is 5.75 Å². The molecule has 1 N–H and O–H groups in total. The molecule has 25 heavy (non-hydrogen) atoms. The van der Waals surface area contributed by atoms with Gasteiger partial charge in [0.2, 0.25) is 10.0 Å². The number of aromatic nitrogens is 2. The quantitative estimate of drug-likeness (QED) is 0.797. The first-order valence-electron chi connectivity index (χ1n) is 7.62. The molecule has 1 aliphatic carbocycles. The molecule has 1 heterocycles. The molecule has 0 saturated heterocycles. The molecule has 0 aliphatic heterocycles. The Hall–Kier alpha value is -2.68. The van der Waals surface area contributed by atoms with Crippen LogP contribution in [0.25, 0.3) is 0 Å². The summed E-state index contributed by atoms with van der Waals surface area (Å²) in [5.74, 6) is -0.528. The van der Waals surface area contributed by atoms with E-state index in [0.717, 1.165) is 16.1 Å². The van der Waals surface area contributed by atoms with Gasteiger partial charge < -0.3 is 9.84 Å². The summed E-state index contributed by atoms with van der Waals surface area (Å²) in [5.41, 5.74) is 0.614. The Labute approximate surface area is 145 Å². The number of carboxylic acids is 1. The summed E-state index contributed by atoms with van der Waals surface area (Å²) in [6, 6.07) is 8.19. The molecule has 0 unspecified atom stereocenters. The van der Waals surface area contributed by atoms with E-state index in [1.54, 1.807) is 31.4 Å². The largest absolute Gasteiger partial charge is 0.497 e. The van der Waals surface area contributed by atoms with Crippen LogP contribution in [-0.4, -0.2) is 42.1 Å². The van der Waals surface area contributed by atoms with Gasteiger partial charge in [-0.05, 0) is 36.6 Å². The van der Waals surface area contributed by atoms with Gasteiger partial charge in [-0.15, -0.1) is 5.10 Å². The van der Waals surface area contributed by atoms with Crippen molar-refractivity contribution >= 4 is 21.8 Å². The lowest BCUT2D eigenvalue weighted by Gasteiger charge is -2.23. The number of benzene rings is 1. The van der Waals surface area contributed by atoms with E-state index in [1.807, 2.05) is 0 Å². The fourth-order valence-electron chi connectivity index (χ4n) is 2.34. The summed E-state index contributed by atoms with van der Waals surface area (Å²) < 4.78 is 31.8. The van der Waals surface area contributed by atoms with Gasteiger partial charge in [-0.3, -0.25) is 0 Å². The lowest BCUT2D eigenvalue weighted by Crippen LogP contribution is -2.34. The third kappa shape index (κ3) is 3.71. The molecular formula is C16H17N3O5S. The molecule has 9 heteroatoms. The number of hydrogen-bond acceptors (Lipinski definition) is 6. The zero-order valence-electron chi connectivity index (χ0n) is 13.5. The Morgan fingerprint density at radius 2 is 2.00 bits per heavy atom. The van der Waals surface area contributed by atoms with E-state index in [2.05, 4.69) is 10.2 Å². The fraction of sp³-hybridized carbons (Fsp3) is 0.312. The molecule has 1 fully saturated rings. The molecule has 0 bridgehead atoms. The second-order valence-corrected chi connectivity index (χ2v) is 7.84. The first-order valence-corrected chi connectivity index (χ1v) is 9.12. The minimum absolute atomic E-state index is 0.00242. The summed E-state index contributed by atoms with van der Waals surface area (Å²) in [6.45, 7) is 0.0422. The second kappa shape index (κ2) is 6.67. The maximum absolute atomic E-state index is 12.8. The van der Waals surface area contributed by atoms with Crippen LogP contribution in [0.15, 0.2) is 36.5 Å². The fourth-order valence-corrected chi connectivity index (χ4v) is 4.11. The third-order valence-corrected chi connectivity index (χ3v) is 6.13. The summed E-state index contributed by atoms with van der Waals surface area (Å²) >= 11 is 0. The van der Waals surface area contributed by atoms with Crippen molar-refractivity contribution in [1.82, 2.24) is 10.2 Å². The van der Waals surface area contributed by atoms with Gasteiger partial charge in [-0.1, -0.05) is 12.1 Å². The van der Waals surface area contributed by atoms with Gasteiger partial charge in [0.15, 0.2) is 5.82 Å². The van der Waals surface area contributed by atoms with Gasteiger partial charge in [0, 0.05) is 0 Å². The van der Waals surface area contributed by atoms with E-state index < -0.39 is 21.2 Å². The molecule has 0 atom stereocenters. The van der Waals surface area contributed by atoms with Crippen LogP contribution >= 0.6 is 0 Å². The number of nitrogens with zero attached hydrogens (tertiary/aromatic N) is 3. The first kappa shape index (κ1) is 17.2. The minimum atomic E-state index is -3.63. The Bertz CT molecular complexity index is 879. The minimum Gasteiger partial charge on any atom is -0.497 e. The highest BCUT2D eigenvalue weighted by molar-refractivity contribution is 7.93. The van der Waals surface area contributed by atoms with Crippen LogP contribution in [0.1, 0.15) is 28.8 Å². The number of ether oxygens (including phenoxy) is 1. The van der Waals surface area contributed by atoms with E-state index in [4.69, 9.17) is 9.84 Å². The Kier molecular flexibility index (Phi) is 4.58. The van der Waals surface area contributed by atoms with Gasteiger partial charge in [-0.25, -0.2) is 17.5 Å². The molecule has 1 aromatic carbocycles. The van der Waals surface area contributed by atoms with E-state index in [1.165, 1.54) is 6.07 Å². The molecule has 1 saturated carbocycles. The molecular weight excluding hydrogens is 346 g/mol. The van der Waals surface area contributed by atoms with E-state index in [-0.39, 0.29) is 17.9 Å². The van der Waals surface area contributed by atoms with Crippen LogP contribution in [0.4, 0.5) is 5.82 Å². The number of aromatic carboxylic acids is 1. The number of rotatable bonds is 7. The highest BCUT2D eigenvalue weighted by atomic mass is 32.2. The normalized spacial score (nSPS) is 14.1. The van der Waals surface area contributed by atoms with Gasteiger partial charge in [0.1, 0.15) is 5.75 Å². The van der Waals surface area contributed by atoms with E-state index in [9.17, 15) is 13.2 Å². The summed E-state index contributed by atoms with van der Waals surface area (Å²) in [6.07, 6.45) is 2.27. The number of carbonyl (C=O) groups is 1. The third-order valence-electron chi connectivity index (χ3n) is 3.88. The van der Waals surface area contributed by atoms with Crippen LogP contribution < -0.4 is 9.04 Å². The Balaban J connectivity index is 1.97. The average molecular weight is 363 g/mol. The Morgan fingerprint density at radius 3 is 2.56 bits per heavy atom. The van der Waals surface area contributed by atoms with E-state index in [0.29, 0.717) is 18.6 Å². The molecule has 1 aliphatic rings. The molecule has 0 spiro atoms. The molecule has 8 nitrogen and oxygen atoms in total. The zero-order chi connectivity index (χ0) is 18.0. The topological polar surface area (TPSA) is 110 Å². The van der Waals surface area contributed by atoms with Crippen LogP contribution in [0, 0.1) is 0 Å². The van der Waals surface area contributed by atoms with Gasteiger partial charge >= 0.3 is 5.97 Å². The Morgan fingerprint density at radius 1 is 1.32 bits per heavy atom. The lowest BCUT2D eigenvalue weighted by molar-refractivity contribution is 0.0696. The van der Waals surface area contributed by atoms with Crippen molar-refractivity contribution in [3.8, 4) is 5.75 Å². The lowest BCUT2D eigenvalue weighted by atomic mass is 10.2. The first-order chi connectivity index (χ1) is 11.9. The zero-order valence-corrected chi connectivity index (χ0v) is 14.3. The predicted octanol–water partition coefficient (Wildman–Crippen LogP) is 1.68. The van der Waals surface area contributed by atoms with E-state index >= 15 is 0 Å². The number of methoxy groups -OCH3 is 1. The summed E-state index contributed by atoms with van der Waals surface area (Å²) in [7, 11) is -2.08. The molecule has 132 valence electrons. The van der Waals surface area contributed by atoms with Crippen molar-refractivity contribution in [2.24, 2.45) is 0 Å². The van der Waals surface area contributed by atoms with Gasteiger partial charge in [0.05, 0.1) is 30.7 Å². The molecule has 3 rings (SSSR count). The van der Waals surface area contributed by atoms with Gasteiger partial charge in [-0.2, -0.15) is 5.10 Å². The average Bonchev–Trinajstić information content (AvgIpc) is 3.46. The van der Waals surface area contributed by atoms with Crippen molar-refractivity contribution < 1.29 is 23.1 Å². The highest BCUT2D eigenvalue weighted by Gasteiger charge is 2.41. The maximum Gasteiger partial charge on any atom is 0.337 e. The van der Waals surface area contributed by atoms with Crippen molar-refractivity contribution in [1.29, 1.82) is 0 Å². The summed E-state index contributed by atoms with van der Waals surface area (Å²) in [4.78, 5) is 11.2. The van der Waals surface area contributed by atoms with Crippen molar-refractivity contribution in [3.63, 3.8) is 0 Å². The molecule has 0 amide bonds. The van der Waals surface area contributed by atoms with Crippen LogP contribution in [0.2, 0.25) is 0 Å². The molecule has 2 aromatic rings.